The zero-order chi connectivity index (χ0) is 25.2. The molecule has 0 aliphatic carbocycles. The average Bonchev–Trinajstić information content (AvgIpc) is 3.51. The largest absolute Gasteiger partial charge is 0.490 e. The SMILES string of the molecule is NCc1ncc(-c2cc(F)c(C(=O)NCc3ccc(Cl)cc3)cc2O[C@H]2CCN3C(=O)OC[C@@H]3C2)s1. The lowest BCUT2D eigenvalue weighted by atomic mass is 10.0. The fourth-order valence-corrected chi connectivity index (χ4v) is 5.32. The number of rotatable bonds is 7. The standard InChI is InChI=1S/C25H24ClFN4O4S/c26-15-3-1-14(2-4-15)11-30-24(32)18-9-21(19(8-20(18)27)22-12-29-23(10-28)36-22)35-17-5-6-31-16(7-17)13-34-25(31)33/h1-4,8-9,12,16-17H,5-7,10-11,13,28H2,(H,30,32)/t16-,17-/m0/s1. The summed E-state index contributed by atoms with van der Waals surface area (Å²) < 4.78 is 26.7. The number of hydrogen-bond acceptors (Lipinski definition) is 7. The van der Waals surface area contributed by atoms with Gasteiger partial charge in [0.2, 0.25) is 0 Å². The van der Waals surface area contributed by atoms with Crippen LogP contribution in [0.1, 0.15) is 33.8 Å². The molecule has 0 radical (unpaired) electrons. The molecule has 2 aromatic carbocycles. The van der Waals surface area contributed by atoms with Crippen molar-refractivity contribution in [3.63, 3.8) is 0 Å². The summed E-state index contributed by atoms with van der Waals surface area (Å²) in [6.45, 7) is 1.32. The minimum atomic E-state index is -0.668. The topological polar surface area (TPSA) is 107 Å². The number of carbonyl (C=O) groups excluding carboxylic acids is 2. The number of fused-ring (bicyclic) bond motifs is 1. The smallest absolute Gasteiger partial charge is 0.410 e. The Labute approximate surface area is 216 Å². The summed E-state index contributed by atoms with van der Waals surface area (Å²) in [6, 6.07) is 9.71. The van der Waals surface area contributed by atoms with Crippen molar-refractivity contribution < 1.29 is 23.5 Å². The second kappa shape index (κ2) is 10.4. The molecule has 2 saturated heterocycles. The number of amides is 2. The van der Waals surface area contributed by atoms with Gasteiger partial charge in [0.05, 0.1) is 16.5 Å². The number of ether oxygens (including phenoxy) is 2. The van der Waals surface area contributed by atoms with E-state index in [0.29, 0.717) is 52.2 Å². The second-order valence-corrected chi connectivity index (χ2v) is 10.2. The number of nitrogens with one attached hydrogen (secondary N) is 1. The molecule has 2 amide bonds. The molecule has 2 aliphatic heterocycles. The second-order valence-electron chi connectivity index (χ2n) is 8.65. The Kier molecular flexibility index (Phi) is 7.08. The molecule has 8 nitrogen and oxygen atoms in total. The highest BCUT2D eigenvalue weighted by molar-refractivity contribution is 7.15. The number of cyclic esters (lactones) is 1. The Morgan fingerprint density at radius 1 is 1.33 bits per heavy atom. The van der Waals surface area contributed by atoms with Crippen LogP contribution in [0, 0.1) is 5.82 Å². The van der Waals surface area contributed by atoms with Gasteiger partial charge in [-0.15, -0.1) is 11.3 Å². The summed E-state index contributed by atoms with van der Waals surface area (Å²) in [5.74, 6) is -0.849. The molecule has 0 spiro atoms. The van der Waals surface area contributed by atoms with Gasteiger partial charge in [-0.05, 0) is 29.8 Å². The minimum Gasteiger partial charge on any atom is -0.490 e. The van der Waals surface area contributed by atoms with Crippen LogP contribution in [0.4, 0.5) is 9.18 Å². The van der Waals surface area contributed by atoms with Gasteiger partial charge in [-0.25, -0.2) is 14.2 Å². The molecule has 3 aromatic rings. The van der Waals surface area contributed by atoms with Crippen molar-refractivity contribution in [2.75, 3.05) is 13.2 Å². The summed E-state index contributed by atoms with van der Waals surface area (Å²) in [7, 11) is 0. The summed E-state index contributed by atoms with van der Waals surface area (Å²) in [4.78, 5) is 31.4. The van der Waals surface area contributed by atoms with Crippen LogP contribution in [0.2, 0.25) is 5.02 Å². The number of halogens is 2. The highest BCUT2D eigenvalue weighted by Gasteiger charge is 2.39. The van der Waals surface area contributed by atoms with Crippen molar-refractivity contribution >= 4 is 34.9 Å². The molecule has 5 rings (SSSR count). The Bertz CT molecular complexity index is 1290. The lowest BCUT2D eigenvalue weighted by Gasteiger charge is -2.33. The van der Waals surface area contributed by atoms with Crippen LogP contribution in [0.5, 0.6) is 5.75 Å². The fourth-order valence-electron chi connectivity index (χ4n) is 4.38. The predicted molar refractivity (Wildman–Crippen MR) is 134 cm³/mol. The molecule has 0 bridgehead atoms. The molecule has 1 aromatic heterocycles. The van der Waals surface area contributed by atoms with E-state index in [1.165, 1.54) is 23.5 Å². The molecule has 2 fully saturated rings. The molecule has 188 valence electrons. The van der Waals surface area contributed by atoms with E-state index in [4.69, 9.17) is 26.8 Å². The van der Waals surface area contributed by atoms with E-state index < -0.39 is 11.7 Å². The Morgan fingerprint density at radius 2 is 2.14 bits per heavy atom. The monoisotopic (exact) mass is 530 g/mol. The molecule has 2 atom stereocenters. The van der Waals surface area contributed by atoms with Gasteiger partial charge in [-0.3, -0.25) is 4.79 Å². The Morgan fingerprint density at radius 3 is 2.89 bits per heavy atom. The van der Waals surface area contributed by atoms with E-state index in [1.54, 1.807) is 35.4 Å². The lowest BCUT2D eigenvalue weighted by molar-refractivity contribution is 0.0915. The fraction of sp³-hybridized carbons (Fsp3) is 0.320. The Balaban J connectivity index is 1.40. The summed E-state index contributed by atoms with van der Waals surface area (Å²) >= 11 is 7.26. The van der Waals surface area contributed by atoms with Crippen molar-refractivity contribution in [3.8, 4) is 16.2 Å². The lowest BCUT2D eigenvalue weighted by Crippen LogP contribution is -2.44. The molecule has 11 heteroatoms. The van der Waals surface area contributed by atoms with Crippen LogP contribution in [-0.4, -0.2) is 47.2 Å². The van der Waals surface area contributed by atoms with Crippen LogP contribution < -0.4 is 15.8 Å². The zero-order valence-corrected chi connectivity index (χ0v) is 20.8. The van der Waals surface area contributed by atoms with Crippen molar-refractivity contribution in [1.29, 1.82) is 0 Å². The van der Waals surface area contributed by atoms with Crippen LogP contribution in [0.25, 0.3) is 10.4 Å². The highest BCUT2D eigenvalue weighted by Crippen LogP contribution is 2.38. The summed E-state index contributed by atoms with van der Waals surface area (Å²) in [6.07, 6.45) is 2.27. The van der Waals surface area contributed by atoms with E-state index in [2.05, 4.69) is 10.3 Å². The molecule has 3 N–H and O–H groups in total. The quantitative estimate of drug-likeness (QED) is 0.470. The van der Waals surface area contributed by atoms with Crippen molar-refractivity contribution in [2.24, 2.45) is 5.73 Å². The van der Waals surface area contributed by atoms with E-state index in [9.17, 15) is 9.59 Å². The number of piperidine rings is 1. The first-order valence-electron chi connectivity index (χ1n) is 11.5. The third-order valence-electron chi connectivity index (χ3n) is 6.27. The first kappa shape index (κ1) is 24.5. The molecular formula is C25H24ClFN4O4S. The van der Waals surface area contributed by atoms with Gasteiger partial charge >= 0.3 is 6.09 Å². The normalized spacial score (nSPS) is 19.1. The van der Waals surface area contributed by atoms with Crippen LogP contribution in [0.3, 0.4) is 0 Å². The number of carbonyl (C=O) groups is 2. The number of aromatic nitrogens is 1. The van der Waals surface area contributed by atoms with Gasteiger partial charge in [0.25, 0.3) is 5.91 Å². The van der Waals surface area contributed by atoms with Gasteiger partial charge in [0.15, 0.2) is 0 Å². The molecule has 0 saturated carbocycles. The maximum absolute atomic E-state index is 15.2. The van der Waals surface area contributed by atoms with Gasteiger partial charge in [-0.2, -0.15) is 0 Å². The number of nitrogens with two attached hydrogens (primary N) is 1. The number of nitrogens with zero attached hydrogens (tertiary/aromatic N) is 2. The van der Waals surface area contributed by atoms with Crippen molar-refractivity contribution in [2.45, 2.75) is 38.1 Å². The van der Waals surface area contributed by atoms with Crippen molar-refractivity contribution in [3.05, 3.63) is 69.6 Å². The molecule has 36 heavy (non-hydrogen) atoms. The van der Waals surface area contributed by atoms with Crippen LogP contribution in [-0.2, 0) is 17.8 Å². The van der Waals surface area contributed by atoms with Gasteiger partial charge in [0.1, 0.15) is 29.3 Å². The minimum absolute atomic E-state index is 0.0606. The van der Waals surface area contributed by atoms with Crippen LogP contribution >= 0.6 is 22.9 Å². The molecule has 0 unspecified atom stereocenters. The highest BCUT2D eigenvalue weighted by atomic mass is 35.5. The molecule has 3 heterocycles. The number of hydrogen-bond donors (Lipinski definition) is 2. The van der Waals surface area contributed by atoms with E-state index in [1.807, 2.05) is 0 Å². The molecule has 2 aliphatic rings. The van der Waals surface area contributed by atoms with Crippen LogP contribution in [0.15, 0.2) is 42.6 Å². The van der Waals surface area contributed by atoms with E-state index >= 15 is 4.39 Å². The number of benzene rings is 2. The maximum Gasteiger partial charge on any atom is 0.410 e. The van der Waals surface area contributed by atoms with E-state index in [0.717, 1.165) is 5.56 Å². The third kappa shape index (κ3) is 5.16. The zero-order valence-electron chi connectivity index (χ0n) is 19.2. The third-order valence-corrected chi connectivity index (χ3v) is 7.57. The average molecular weight is 531 g/mol. The first-order valence-corrected chi connectivity index (χ1v) is 12.7. The Hall–Kier alpha value is -3.21. The predicted octanol–water partition coefficient (Wildman–Crippen LogP) is 4.35. The van der Waals surface area contributed by atoms with Gasteiger partial charge in [-0.1, -0.05) is 23.7 Å². The number of thiazole rings is 1. The van der Waals surface area contributed by atoms with E-state index in [-0.39, 0.29) is 36.9 Å². The first-order chi connectivity index (χ1) is 17.4. The summed E-state index contributed by atoms with van der Waals surface area (Å²) in [5, 5.41) is 4.05. The maximum atomic E-state index is 15.2. The molecular weight excluding hydrogens is 507 g/mol. The summed E-state index contributed by atoms with van der Waals surface area (Å²) in [5.41, 5.74) is 6.92. The van der Waals surface area contributed by atoms with Gasteiger partial charge in [0, 0.05) is 49.3 Å². The van der Waals surface area contributed by atoms with Gasteiger partial charge < -0.3 is 25.4 Å². The van der Waals surface area contributed by atoms with Crippen molar-refractivity contribution in [1.82, 2.24) is 15.2 Å².